The smallest absolute Gasteiger partial charge is 0.0642 e. The van der Waals surface area contributed by atoms with Crippen LogP contribution in [0.3, 0.4) is 0 Å². The van der Waals surface area contributed by atoms with Crippen LogP contribution in [0.25, 0.3) is 0 Å². The molecule has 0 aromatic rings. The Bertz CT molecular complexity index is 139. The van der Waals surface area contributed by atoms with Crippen molar-refractivity contribution in [1.29, 1.82) is 0 Å². The molecule has 13 heavy (non-hydrogen) atoms. The van der Waals surface area contributed by atoms with E-state index in [1.54, 1.807) is 0 Å². The highest BCUT2D eigenvalue weighted by Gasteiger charge is 1.97. The fourth-order valence-corrected chi connectivity index (χ4v) is 1.31. The lowest BCUT2D eigenvalue weighted by molar-refractivity contribution is 0.316. The second kappa shape index (κ2) is 8.27. The van der Waals surface area contributed by atoms with Gasteiger partial charge in [-0.2, -0.15) is 0 Å². The Kier molecular flexibility index (Phi) is 8.05. The van der Waals surface area contributed by atoms with Crippen LogP contribution in [0.5, 0.6) is 0 Å². The van der Waals surface area contributed by atoms with Gasteiger partial charge in [0.25, 0.3) is 0 Å². The summed E-state index contributed by atoms with van der Waals surface area (Å²) in [5.74, 6) is 0. The van der Waals surface area contributed by atoms with E-state index in [0.29, 0.717) is 0 Å². The van der Waals surface area contributed by atoms with E-state index in [-0.39, 0.29) is 6.61 Å². The first-order valence-electron chi connectivity index (χ1n) is 5.29. The highest BCUT2D eigenvalue weighted by molar-refractivity contribution is 5.02. The zero-order chi connectivity index (χ0) is 10.1. The number of nitrogens with zero attached hydrogens (tertiary/aromatic N) is 1. The van der Waals surface area contributed by atoms with E-state index in [9.17, 15) is 0 Å². The Hall–Kier alpha value is -0.340. The van der Waals surface area contributed by atoms with Crippen molar-refractivity contribution >= 4 is 0 Å². The molecule has 0 bridgehead atoms. The molecule has 0 aromatic heterocycles. The van der Waals surface area contributed by atoms with Crippen LogP contribution in [-0.2, 0) is 0 Å². The summed E-state index contributed by atoms with van der Waals surface area (Å²) < 4.78 is 0. The fraction of sp³-hybridized carbons (Fsp3) is 0.818. The Labute approximate surface area is 82.3 Å². The summed E-state index contributed by atoms with van der Waals surface area (Å²) in [4.78, 5) is 2.34. The number of likely N-dealkylation sites (N-methyl/N-ethyl adjacent to an activating group) is 1. The number of aliphatic hydroxyl groups excluding tert-OH is 1. The van der Waals surface area contributed by atoms with Crippen LogP contribution in [0.4, 0.5) is 0 Å². The van der Waals surface area contributed by atoms with Gasteiger partial charge in [-0.3, -0.25) is 0 Å². The number of hydrogen-bond acceptors (Lipinski definition) is 2. The molecule has 0 fully saturated rings. The quantitative estimate of drug-likeness (QED) is 0.614. The van der Waals surface area contributed by atoms with Crippen LogP contribution in [-0.4, -0.2) is 36.2 Å². The van der Waals surface area contributed by atoms with Crippen molar-refractivity contribution in [2.24, 2.45) is 0 Å². The zero-order valence-corrected chi connectivity index (χ0v) is 9.21. The monoisotopic (exact) mass is 185 g/mol. The number of rotatable bonds is 7. The molecule has 0 aliphatic heterocycles. The highest BCUT2D eigenvalue weighted by Crippen LogP contribution is 2.03. The Morgan fingerprint density at radius 3 is 2.23 bits per heavy atom. The molecule has 0 saturated heterocycles. The second-order valence-corrected chi connectivity index (χ2v) is 3.26. The third kappa shape index (κ3) is 5.83. The van der Waals surface area contributed by atoms with E-state index in [4.69, 9.17) is 5.11 Å². The molecular weight excluding hydrogens is 162 g/mol. The van der Waals surface area contributed by atoms with Gasteiger partial charge in [-0.1, -0.05) is 33.3 Å². The van der Waals surface area contributed by atoms with Crippen LogP contribution in [0, 0.1) is 0 Å². The molecule has 0 heterocycles. The SMILES string of the molecule is CCC/C(=C\CN(CC)CC)CO. The standard InChI is InChI=1S/C11H23NO/c1-4-7-11(10-13)8-9-12(5-2)6-3/h8,13H,4-7,9-10H2,1-3H3/b11-8+. The molecule has 2 heteroatoms. The Morgan fingerprint density at radius 2 is 1.85 bits per heavy atom. The van der Waals surface area contributed by atoms with Gasteiger partial charge in [-0.25, -0.2) is 0 Å². The molecule has 0 amide bonds. The maximum atomic E-state index is 9.03. The van der Waals surface area contributed by atoms with E-state index < -0.39 is 0 Å². The predicted molar refractivity (Wildman–Crippen MR) is 57.9 cm³/mol. The summed E-state index contributed by atoms with van der Waals surface area (Å²) >= 11 is 0. The van der Waals surface area contributed by atoms with Crippen LogP contribution >= 0.6 is 0 Å². The summed E-state index contributed by atoms with van der Waals surface area (Å²) in [6, 6.07) is 0. The molecular formula is C11H23NO. The van der Waals surface area contributed by atoms with Crippen LogP contribution in [0.1, 0.15) is 33.6 Å². The lowest BCUT2D eigenvalue weighted by Crippen LogP contribution is -2.23. The molecule has 0 unspecified atom stereocenters. The number of aliphatic hydroxyl groups is 1. The lowest BCUT2D eigenvalue weighted by atomic mass is 10.1. The van der Waals surface area contributed by atoms with Crippen molar-refractivity contribution in [2.45, 2.75) is 33.6 Å². The van der Waals surface area contributed by atoms with Crippen molar-refractivity contribution in [1.82, 2.24) is 4.90 Å². The van der Waals surface area contributed by atoms with Crippen molar-refractivity contribution in [2.75, 3.05) is 26.2 Å². The van der Waals surface area contributed by atoms with Gasteiger partial charge in [0.05, 0.1) is 6.61 Å². The van der Waals surface area contributed by atoms with Crippen molar-refractivity contribution in [3.8, 4) is 0 Å². The maximum Gasteiger partial charge on any atom is 0.0642 e. The second-order valence-electron chi connectivity index (χ2n) is 3.26. The average molecular weight is 185 g/mol. The highest BCUT2D eigenvalue weighted by atomic mass is 16.3. The topological polar surface area (TPSA) is 23.5 Å². The molecule has 0 aliphatic rings. The van der Waals surface area contributed by atoms with Crippen molar-refractivity contribution in [3.05, 3.63) is 11.6 Å². The first-order valence-corrected chi connectivity index (χ1v) is 5.29. The summed E-state index contributed by atoms with van der Waals surface area (Å²) in [6.07, 6.45) is 4.30. The van der Waals surface area contributed by atoms with E-state index in [2.05, 4.69) is 31.7 Å². The van der Waals surface area contributed by atoms with E-state index in [1.165, 1.54) is 5.57 Å². The van der Waals surface area contributed by atoms with E-state index in [1.807, 2.05) is 0 Å². The minimum atomic E-state index is 0.217. The molecule has 1 N–H and O–H groups in total. The minimum absolute atomic E-state index is 0.217. The first kappa shape index (κ1) is 12.7. The normalized spacial score (nSPS) is 12.5. The molecule has 0 atom stereocenters. The first-order chi connectivity index (χ1) is 6.28. The third-order valence-corrected chi connectivity index (χ3v) is 2.31. The van der Waals surface area contributed by atoms with Gasteiger partial charge in [0, 0.05) is 6.54 Å². The van der Waals surface area contributed by atoms with Gasteiger partial charge in [0.15, 0.2) is 0 Å². The Morgan fingerprint density at radius 1 is 1.23 bits per heavy atom. The van der Waals surface area contributed by atoms with E-state index in [0.717, 1.165) is 32.5 Å². The summed E-state index contributed by atoms with van der Waals surface area (Å²) in [7, 11) is 0. The average Bonchev–Trinajstić information content (AvgIpc) is 2.17. The number of hydrogen-bond donors (Lipinski definition) is 1. The third-order valence-electron chi connectivity index (χ3n) is 2.31. The predicted octanol–water partition coefficient (Wildman–Crippen LogP) is 2.05. The summed E-state index contributed by atoms with van der Waals surface area (Å²) in [5, 5.41) is 9.03. The molecule has 2 nitrogen and oxygen atoms in total. The maximum absolute atomic E-state index is 9.03. The van der Waals surface area contributed by atoms with Crippen LogP contribution < -0.4 is 0 Å². The van der Waals surface area contributed by atoms with E-state index >= 15 is 0 Å². The Balaban J connectivity index is 3.88. The summed E-state index contributed by atoms with van der Waals surface area (Å²) in [5.41, 5.74) is 1.18. The van der Waals surface area contributed by atoms with Gasteiger partial charge in [-0.15, -0.1) is 0 Å². The molecule has 0 aliphatic carbocycles. The molecule has 0 radical (unpaired) electrons. The minimum Gasteiger partial charge on any atom is -0.392 e. The molecule has 0 spiro atoms. The van der Waals surface area contributed by atoms with Gasteiger partial charge in [0.2, 0.25) is 0 Å². The van der Waals surface area contributed by atoms with Gasteiger partial charge in [0.1, 0.15) is 0 Å². The molecule has 0 saturated carbocycles. The van der Waals surface area contributed by atoms with Crippen LogP contribution in [0.2, 0.25) is 0 Å². The molecule has 78 valence electrons. The molecule has 0 aromatic carbocycles. The van der Waals surface area contributed by atoms with Gasteiger partial charge >= 0.3 is 0 Å². The van der Waals surface area contributed by atoms with Gasteiger partial charge in [-0.05, 0) is 25.1 Å². The van der Waals surface area contributed by atoms with Crippen molar-refractivity contribution in [3.63, 3.8) is 0 Å². The fourth-order valence-electron chi connectivity index (χ4n) is 1.31. The van der Waals surface area contributed by atoms with Crippen molar-refractivity contribution < 1.29 is 5.11 Å². The lowest BCUT2D eigenvalue weighted by Gasteiger charge is -2.16. The largest absolute Gasteiger partial charge is 0.392 e. The van der Waals surface area contributed by atoms with Crippen LogP contribution in [0.15, 0.2) is 11.6 Å². The molecule has 0 rings (SSSR count). The summed E-state index contributed by atoms with van der Waals surface area (Å²) in [6.45, 7) is 9.82. The van der Waals surface area contributed by atoms with Gasteiger partial charge < -0.3 is 10.0 Å². The zero-order valence-electron chi connectivity index (χ0n) is 9.21.